The maximum Gasteiger partial charge on any atom is 0.355 e. The van der Waals surface area contributed by atoms with Gasteiger partial charge in [-0.15, -0.1) is 0 Å². The number of aliphatic imine (C=N–C) groups is 1. The molecule has 0 spiro atoms. The minimum atomic E-state index is -1.08. The van der Waals surface area contributed by atoms with Gasteiger partial charge in [0.15, 0.2) is 11.8 Å². The first-order valence-electron chi connectivity index (χ1n) is 9.78. The summed E-state index contributed by atoms with van der Waals surface area (Å²) in [5.41, 5.74) is 1.95. The zero-order valence-electron chi connectivity index (χ0n) is 16.6. The van der Waals surface area contributed by atoms with E-state index < -0.39 is 23.5 Å². The Hall–Kier alpha value is -3.42. The van der Waals surface area contributed by atoms with Crippen LogP contribution in [0.1, 0.15) is 29.4 Å². The van der Waals surface area contributed by atoms with E-state index in [1.165, 1.54) is 19.8 Å². The van der Waals surface area contributed by atoms with Gasteiger partial charge in [-0.25, -0.2) is 14.6 Å². The number of benzene rings is 1. The molecule has 2 bridgehead atoms. The summed E-state index contributed by atoms with van der Waals surface area (Å²) in [5.74, 6) is -1.49. The smallest absolute Gasteiger partial charge is 0.355 e. The van der Waals surface area contributed by atoms with Gasteiger partial charge in [0.05, 0.1) is 19.9 Å². The molecule has 8 heteroatoms. The highest BCUT2D eigenvalue weighted by molar-refractivity contribution is 6.41. The first-order valence-corrected chi connectivity index (χ1v) is 9.78. The third-order valence-corrected chi connectivity index (χ3v) is 6.53. The van der Waals surface area contributed by atoms with Gasteiger partial charge < -0.3 is 9.47 Å². The van der Waals surface area contributed by atoms with Gasteiger partial charge in [0.1, 0.15) is 5.54 Å². The van der Waals surface area contributed by atoms with Crippen LogP contribution in [-0.4, -0.2) is 48.4 Å². The summed E-state index contributed by atoms with van der Waals surface area (Å²) in [5, 5.41) is 8.92. The maximum absolute atomic E-state index is 13.0. The van der Waals surface area contributed by atoms with E-state index in [2.05, 4.69) is 32.3 Å². The summed E-state index contributed by atoms with van der Waals surface area (Å²) in [6.45, 7) is 0. The van der Waals surface area contributed by atoms with E-state index in [0.29, 0.717) is 5.69 Å². The van der Waals surface area contributed by atoms with E-state index >= 15 is 0 Å². The molecule has 152 valence electrons. The Bertz CT molecular complexity index is 1080. The van der Waals surface area contributed by atoms with Crippen molar-refractivity contribution < 1.29 is 19.1 Å². The van der Waals surface area contributed by atoms with E-state index in [1.807, 2.05) is 12.1 Å². The summed E-state index contributed by atoms with van der Waals surface area (Å²) in [6, 6.07) is 10.7. The van der Waals surface area contributed by atoms with Crippen LogP contribution in [0.25, 0.3) is 0 Å². The second-order valence-electron chi connectivity index (χ2n) is 7.72. The lowest BCUT2D eigenvalue weighted by Gasteiger charge is -2.37. The van der Waals surface area contributed by atoms with Crippen LogP contribution in [0.4, 0.5) is 5.69 Å². The highest BCUT2D eigenvalue weighted by Gasteiger charge is 2.70. The molecule has 30 heavy (non-hydrogen) atoms. The van der Waals surface area contributed by atoms with Gasteiger partial charge >= 0.3 is 11.9 Å². The molecule has 0 amide bonds. The van der Waals surface area contributed by atoms with Crippen molar-refractivity contribution in [2.75, 3.05) is 14.2 Å². The van der Waals surface area contributed by atoms with Crippen LogP contribution in [0.5, 0.6) is 0 Å². The first kappa shape index (κ1) is 18.6. The molecular weight excluding hydrogens is 384 g/mol. The van der Waals surface area contributed by atoms with Crippen LogP contribution in [0, 0.1) is 5.92 Å². The quantitative estimate of drug-likeness (QED) is 0.576. The Morgan fingerprint density at radius 1 is 1.07 bits per heavy atom. The molecule has 2 aliphatic carbocycles. The standard InChI is InChI=1S/C22H20N4O4/c1-29-20(27)18-17-15-11-16(14-6-4-3-5-13(14)15)22(17,26-25-18)19(21(28)30-2)24-12-7-9-23-10-8-12/h3-10,15-18H,11H2,1-2H3/t15-,16+,17+,18+,22+/m1/s1. The van der Waals surface area contributed by atoms with E-state index in [-0.39, 0.29) is 23.5 Å². The average Bonchev–Trinajstić information content (AvgIpc) is 3.46. The largest absolute Gasteiger partial charge is 0.467 e. The second kappa shape index (κ2) is 6.83. The molecule has 2 heterocycles. The van der Waals surface area contributed by atoms with E-state index in [0.717, 1.165) is 12.0 Å². The predicted octanol–water partition coefficient (Wildman–Crippen LogP) is 2.97. The number of nitrogens with zero attached hydrogens (tertiary/aromatic N) is 4. The number of hydrogen-bond donors (Lipinski definition) is 0. The van der Waals surface area contributed by atoms with Gasteiger partial charge in [0, 0.05) is 24.2 Å². The van der Waals surface area contributed by atoms with Crippen LogP contribution in [0.3, 0.4) is 0 Å². The van der Waals surface area contributed by atoms with Crippen molar-refractivity contribution in [3.63, 3.8) is 0 Å². The van der Waals surface area contributed by atoms with Crippen molar-refractivity contribution in [3.8, 4) is 0 Å². The molecule has 1 saturated carbocycles. The lowest BCUT2D eigenvalue weighted by Crippen LogP contribution is -2.52. The Labute approximate surface area is 173 Å². The van der Waals surface area contributed by atoms with E-state index in [1.54, 1.807) is 24.5 Å². The molecular formula is C22H20N4O4. The number of rotatable bonds is 4. The molecule has 1 aromatic carbocycles. The molecule has 0 unspecified atom stereocenters. The fraction of sp³-hybridized carbons (Fsp3) is 0.364. The van der Waals surface area contributed by atoms with Gasteiger partial charge in [-0.2, -0.15) is 10.2 Å². The molecule has 0 saturated heterocycles. The van der Waals surface area contributed by atoms with Gasteiger partial charge in [-0.3, -0.25) is 4.98 Å². The van der Waals surface area contributed by atoms with Gasteiger partial charge in [-0.1, -0.05) is 24.3 Å². The Balaban J connectivity index is 1.73. The van der Waals surface area contributed by atoms with Gasteiger partial charge in [0.2, 0.25) is 0 Å². The van der Waals surface area contributed by atoms with Gasteiger partial charge in [-0.05, 0) is 35.6 Å². The SMILES string of the molecule is COC(=O)C(=Nc1ccncc1)[C@@]12N=N[C@H](C(=O)OC)[C@@H]1[C@@H]1C[C@H]2c2ccccc21. The summed E-state index contributed by atoms with van der Waals surface area (Å²) in [7, 11) is 2.66. The molecule has 1 aromatic heterocycles. The van der Waals surface area contributed by atoms with Crippen LogP contribution >= 0.6 is 0 Å². The zero-order chi connectivity index (χ0) is 20.9. The third kappa shape index (κ3) is 2.39. The third-order valence-electron chi connectivity index (χ3n) is 6.53. The molecule has 0 N–H and O–H groups in total. The Morgan fingerprint density at radius 2 is 1.80 bits per heavy atom. The molecule has 1 fully saturated rings. The van der Waals surface area contributed by atoms with Crippen molar-refractivity contribution >= 4 is 23.3 Å². The van der Waals surface area contributed by atoms with Gasteiger partial charge in [0.25, 0.3) is 0 Å². The first-order chi connectivity index (χ1) is 14.6. The van der Waals surface area contributed by atoms with Crippen LogP contribution in [-0.2, 0) is 19.1 Å². The van der Waals surface area contributed by atoms with Crippen molar-refractivity contribution in [2.45, 2.75) is 29.8 Å². The lowest BCUT2D eigenvalue weighted by atomic mass is 9.66. The number of methoxy groups -OCH3 is 2. The maximum atomic E-state index is 13.0. The number of hydrogen-bond acceptors (Lipinski definition) is 8. The summed E-state index contributed by atoms with van der Waals surface area (Å²) in [4.78, 5) is 34.2. The summed E-state index contributed by atoms with van der Waals surface area (Å²) < 4.78 is 10.1. The lowest BCUT2D eigenvalue weighted by molar-refractivity contribution is -0.143. The second-order valence-corrected chi connectivity index (χ2v) is 7.72. The number of esters is 2. The highest BCUT2D eigenvalue weighted by atomic mass is 16.5. The predicted molar refractivity (Wildman–Crippen MR) is 107 cm³/mol. The van der Waals surface area contributed by atoms with Crippen LogP contribution in [0.15, 0.2) is 64.0 Å². The zero-order valence-corrected chi connectivity index (χ0v) is 16.6. The molecule has 1 aliphatic heterocycles. The minimum Gasteiger partial charge on any atom is -0.467 e. The number of ether oxygens (including phenoxy) is 2. The van der Waals surface area contributed by atoms with Crippen molar-refractivity contribution in [1.82, 2.24) is 4.98 Å². The topological polar surface area (TPSA) is 103 Å². The van der Waals surface area contributed by atoms with E-state index in [9.17, 15) is 9.59 Å². The molecule has 2 aromatic rings. The molecule has 0 radical (unpaired) electrons. The average molecular weight is 404 g/mol. The van der Waals surface area contributed by atoms with Crippen molar-refractivity contribution in [1.29, 1.82) is 0 Å². The number of azo groups is 1. The summed E-state index contributed by atoms with van der Waals surface area (Å²) >= 11 is 0. The molecule has 5 atom stereocenters. The monoisotopic (exact) mass is 404 g/mol. The molecule has 5 rings (SSSR count). The van der Waals surface area contributed by atoms with E-state index in [4.69, 9.17) is 9.47 Å². The number of carbonyl (C=O) groups excluding carboxylic acids is 2. The fourth-order valence-corrected chi connectivity index (χ4v) is 5.42. The number of carbonyl (C=O) groups is 2. The fourth-order valence-electron chi connectivity index (χ4n) is 5.42. The van der Waals surface area contributed by atoms with Crippen molar-refractivity contribution in [3.05, 3.63) is 59.9 Å². The Kier molecular flexibility index (Phi) is 4.23. The molecule has 8 nitrogen and oxygen atoms in total. The molecule has 3 aliphatic rings. The number of pyridine rings is 1. The minimum absolute atomic E-state index is 0.0256. The summed E-state index contributed by atoms with van der Waals surface area (Å²) in [6.07, 6.45) is 3.97. The number of fused-ring (bicyclic) bond motifs is 8. The number of aromatic nitrogens is 1. The Morgan fingerprint density at radius 3 is 2.50 bits per heavy atom. The normalized spacial score (nSPS) is 30.7. The van der Waals surface area contributed by atoms with Crippen LogP contribution < -0.4 is 0 Å². The van der Waals surface area contributed by atoms with Crippen LogP contribution in [0.2, 0.25) is 0 Å². The highest BCUT2D eigenvalue weighted by Crippen LogP contribution is 2.66. The van der Waals surface area contributed by atoms with Crippen molar-refractivity contribution in [2.24, 2.45) is 21.1 Å².